The van der Waals surface area contributed by atoms with E-state index in [1.165, 1.54) is 50.9 Å². The van der Waals surface area contributed by atoms with Crippen LogP contribution in [0, 0.1) is 0 Å². The number of benzene rings is 2. The molecule has 1 aliphatic heterocycles. The summed E-state index contributed by atoms with van der Waals surface area (Å²) >= 11 is 0. The fourth-order valence-electron chi connectivity index (χ4n) is 3.31. The first-order valence-corrected chi connectivity index (χ1v) is 9.09. The molecule has 0 saturated carbocycles. The third-order valence-corrected chi connectivity index (χ3v) is 4.70. The fourth-order valence-corrected chi connectivity index (χ4v) is 3.31. The molecule has 0 atom stereocenters. The Morgan fingerprint density at radius 3 is 2.46 bits per heavy atom. The molecule has 2 aromatic carbocycles. The molecule has 0 bridgehead atoms. The summed E-state index contributed by atoms with van der Waals surface area (Å²) < 4.78 is 5.84. The van der Waals surface area contributed by atoms with Crippen LogP contribution in [0.2, 0.25) is 0 Å². The molecule has 3 nitrogen and oxygen atoms in total. The SMILES string of the molecule is Nc1cc(CCCN2CCCCC2)ccc1OCc1ccccc1. The first-order valence-electron chi connectivity index (χ1n) is 9.09. The van der Waals surface area contributed by atoms with Crippen LogP contribution in [0.25, 0.3) is 0 Å². The van der Waals surface area contributed by atoms with Gasteiger partial charge >= 0.3 is 0 Å². The van der Waals surface area contributed by atoms with Crippen LogP contribution in [0.4, 0.5) is 5.69 Å². The smallest absolute Gasteiger partial charge is 0.142 e. The Labute approximate surface area is 145 Å². The van der Waals surface area contributed by atoms with Crippen LogP contribution in [-0.2, 0) is 13.0 Å². The van der Waals surface area contributed by atoms with Gasteiger partial charge in [-0.15, -0.1) is 0 Å². The van der Waals surface area contributed by atoms with Crippen LogP contribution < -0.4 is 10.5 Å². The maximum atomic E-state index is 6.16. The molecule has 2 aromatic rings. The topological polar surface area (TPSA) is 38.5 Å². The van der Waals surface area contributed by atoms with E-state index in [1.807, 2.05) is 24.3 Å². The normalized spacial score (nSPS) is 15.3. The van der Waals surface area contributed by atoms with Gasteiger partial charge in [0.1, 0.15) is 12.4 Å². The van der Waals surface area contributed by atoms with Gasteiger partial charge in [0, 0.05) is 0 Å². The van der Waals surface area contributed by atoms with E-state index in [2.05, 4.69) is 29.2 Å². The molecule has 0 aliphatic carbocycles. The predicted molar refractivity (Wildman–Crippen MR) is 100 cm³/mol. The first-order chi connectivity index (χ1) is 11.8. The number of piperidine rings is 1. The van der Waals surface area contributed by atoms with Crippen LogP contribution in [0.5, 0.6) is 5.75 Å². The molecular formula is C21H28N2O. The lowest BCUT2D eigenvalue weighted by Crippen LogP contribution is -2.30. The van der Waals surface area contributed by atoms with Gasteiger partial charge in [-0.05, 0) is 68.6 Å². The zero-order chi connectivity index (χ0) is 16.6. The minimum Gasteiger partial charge on any atom is -0.487 e. The third-order valence-electron chi connectivity index (χ3n) is 4.70. The van der Waals surface area contributed by atoms with E-state index in [0.717, 1.165) is 23.4 Å². The Morgan fingerprint density at radius 1 is 0.917 bits per heavy atom. The van der Waals surface area contributed by atoms with Crippen molar-refractivity contribution in [3.8, 4) is 5.75 Å². The van der Waals surface area contributed by atoms with Crippen molar-refractivity contribution in [2.24, 2.45) is 0 Å². The second-order valence-corrected chi connectivity index (χ2v) is 6.65. The molecule has 3 heteroatoms. The van der Waals surface area contributed by atoms with Gasteiger partial charge in [-0.2, -0.15) is 0 Å². The lowest BCUT2D eigenvalue weighted by atomic mass is 10.1. The van der Waals surface area contributed by atoms with Crippen molar-refractivity contribution < 1.29 is 4.74 Å². The van der Waals surface area contributed by atoms with Gasteiger partial charge in [-0.25, -0.2) is 0 Å². The fraction of sp³-hybridized carbons (Fsp3) is 0.429. The Bertz CT molecular complexity index is 621. The summed E-state index contributed by atoms with van der Waals surface area (Å²) in [6.07, 6.45) is 6.40. The number of hydrogen-bond donors (Lipinski definition) is 1. The van der Waals surface area contributed by atoms with E-state index < -0.39 is 0 Å². The summed E-state index contributed by atoms with van der Waals surface area (Å²) in [5.41, 5.74) is 9.36. The monoisotopic (exact) mass is 324 g/mol. The van der Waals surface area contributed by atoms with Crippen molar-refractivity contribution in [3.05, 3.63) is 59.7 Å². The zero-order valence-corrected chi connectivity index (χ0v) is 14.4. The summed E-state index contributed by atoms with van der Waals surface area (Å²) in [5, 5.41) is 0. The molecule has 24 heavy (non-hydrogen) atoms. The molecular weight excluding hydrogens is 296 g/mol. The van der Waals surface area contributed by atoms with E-state index in [-0.39, 0.29) is 0 Å². The van der Waals surface area contributed by atoms with E-state index in [1.54, 1.807) is 0 Å². The highest BCUT2D eigenvalue weighted by molar-refractivity contribution is 5.54. The van der Waals surface area contributed by atoms with Gasteiger partial charge in [0.05, 0.1) is 5.69 Å². The number of nitrogens with zero attached hydrogens (tertiary/aromatic N) is 1. The third kappa shape index (κ3) is 5.00. The van der Waals surface area contributed by atoms with Crippen molar-refractivity contribution in [2.45, 2.75) is 38.7 Å². The molecule has 1 fully saturated rings. The number of anilines is 1. The highest BCUT2D eigenvalue weighted by atomic mass is 16.5. The first kappa shape index (κ1) is 16.8. The van der Waals surface area contributed by atoms with Crippen LogP contribution in [0.15, 0.2) is 48.5 Å². The van der Waals surface area contributed by atoms with Crippen LogP contribution in [0.1, 0.15) is 36.8 Å². The summed E-state index contributed by atoms with van der Waals surface area (Å²) in [6.45, 7) is 4.30. The second kappa shape index (κ2) is 8.74. The summed E-state index contributed by atoms with van der Waals surface area (Å²) in [5.74, 6) is 0.777. The molecule has 2 N–H and O–H groups in total. The van der Waals surface area contributed by atoms with Crippen molar-refractivity contribution in [1.29, 1.82) is 0 Å². The predicted octanol–water partition coefficient (Wildman–Crippen LogP) is 4.27. The number of aryl methyl sites for hydroxylation is 1. The lowest BCUT2D eigenvalue weighted by molar-refractivity contribution is 0.226. The zero-order valence-electron chi connectivity index (χ0n) is 14.4. The second-order valence-electron chi connectivity index (χ2n) is 6.65. The number of likely N-dealkylation sites (tertiary alicyclic amines) is 1. The molecule has 0 radical (unpaired) electrons. The molecule has 3 rings (SSSR count). The lowest BCUT2D eigenvalue weighted by Gasteiger charge is -2.26. The van der Waals surface area contributed by atoms with Gasteiger partial charge in [-0.1, -0.05) is 42.8 Å². The highest BCUT2D eigenvalue weighted by Crippen LogP contribution is 2.24. The standard InChI is InChI=1S/C21H28N2O/c22-20-16-18(10-7-15-23-13-5-2-6-14-23)11-12-21(20)24-17-19-8-3-1-4-9-19/h1,3-4,8-9,11-12,16H,2,5-7,10,13-15,17,22H2. The Kier molecular flexibility index (Phi) is 6.13. The van der Waals surface area contributed by atoms with Gasteiger partial charge in [0.2, 0.25) is 0 Å². The van der Waals surface area contributed by atoms with Crippen molar-refractivity contribution in [3.63, 3.8) is 0 Å². The Balaban J connectivity index is 1.47. The quantitative estimate of drug-likeness (QED) is 0.773. The minimum absolute atomic E-state index is 0.555. The summed E-state index contributed by atoms with van der Waals surface area (Å²) in [7, 11) is 0. The molecule has 1 saturated heterocycles. The molecule has 0 spiro atoms. The average molecular weight is 324 g/mol. The maximum absolute atomic E-state index is 6.16. The van der Waals surface area contributed by atoms with Gasteiger partial charge < -0.3 is 15.4 Å². The molecule has 1 heterocycles. The van der Waals surface area contributed by atoms with Gasteiger partial charge in [-0.3, -0.25) is 0 Å². The van der Waals surface area contributed by atoms with Crippen molar-refractivity contribution >= 4 is 5.69 Å². The van der Waals surface area contributed by atoms with Crippen molar-refractivity contribution in [2.75, 3.05) is 25.4 Å². The number of ether oxygens (including phenoxy) is 1. The van der Waals surface area contributed by atoms with E-state index in [4.69, 9.17) is 10.5 Å². The molecule has 0 amide bonds. The van der Waals surface area contributed by atoms with Gasteiger partial charge in [0.15, 0.2) is 0 Å². The molecule has 128 valence electrons. The Hall–Kier alpha value is -2.00. The molecule has 0 aromatic heterocycles. The number of rotatable bonds is 7. The number of hydrogen-bond acceptors (Lipinski definition) is 3. The van der Waals surface area contributed by atoms with E-state index in [0.29, 0.717) is 6.61 Å². The summed E-state index contributed by atoms with van der Waals surface area (Å²) in [4.78, 5) is 2.59. The molecule has 1 aliphatic rings. The largest absolute Gasteiger partial charge is 0.487 e. The minimum atomic E-state index is 0.555. The summed E-state index contributed by atoms with van der Waals surface area (Å²) in [6, 6.07) is 16.4. The Morgan fingerprint density at radius 2 is 1.71 bits per heavy atom. The number of nitrogens with two attached hydrogens (primary N) is 1. The van der Waals surface area contributed by atoms with E-state index >= 15 is 0 Å². The highest BCUT2D eigenvalue weighted by Gasteiger charge is 2.09. The van der Waals surface area contributed by atoms with Gasteiger partial charge in [0.25, 0.3) is 0 Å². The maximum Gasteiger partial charge on any atom is 0.142 e. The molecule has 0 unspecified atom stereocenters. The van der Waals surface area contributed by atoms with E-state index in [9.17, 15) is 0 Å². The number of nitrogen functional groups attached to an aromatic ring is 1. The van der Waals surface area contributed by atoms with Crippen LogP contribution in [-0.4, -0.2) is 24.5 Å². The van der Waals surface area contributed by atoms with Crippen LogP contribution >= 0.6 is 0 Å². The average Bonchev–Trinajstić information content (AvgIpc) is 2.63. The van der Waals surface area contributed by atoms with Crippen LogP contribution in [0.3, 0.4) is 0 Å². The van der Waals surface area contributed by atoms with Crippen molar-refractivity contribution in [1.82, 2.24) is 4.90 Å².